The summed E-state index contributed by atoms with van der Waals surface area (Å²) in [5.74, 6) is 0.876. The average Bonchev–Trinajstić information content (AvgIpc) is 3.10. The molecule has 0 aliphatic heterocycles. The molecule has 1 aromatic rings. The van der Waals surface area contributed by atoms with Gasteiger partial charge in [0.2, 0.25) is 5.91 Å². The van der Waals surface area contributed by atoms with Crippen LogP contribution in [0.5, 0.6) is 0 Å². The SMILES string of the molecule is COCc1cccc(NC(=O)CC2(CS)CC2)c1. The van der Waals surface area contributed by atoms with Crippen molar-refractivity contribution in [3.8, 4) is 0 Å². The van der Waals surface area contributed by atoms with Gasteiger partial charge in [0.15, 0.2) is 0 Å². The summed E-state index contributed by atoms with van der Waals surface area (Å²) in [5, 5.41) is 2.94. The summed E-state index contributed by atoms with van der Waals surface area (Å²) in [6.45, 7) is 0.560. The van der Waals surface area contributed by atoms with E-state index in [1.54, 1.807) is 7.11 Å². The smallest absolute Gasteiger partial charge is 0.224 e. The Bertz CT molecular complexity index is 430. The zero-order chi connectivity index (χ0) is 13.0. The van der Waals surface area contributed by atoms with Crippen molar-refractivity contribution in [3.63, 3.8) is 0 Å². The predicted molar refractivity (Wildman–Crippen MR) is 75.9 cm³/mol. The number of anilines is 1. The van der Waals surface area contributed by atoms with Crippen LogP contribution in [0, 0.1) is 5.41 Å². The molecule has 0 atom stereocenters. The molecule has 1 amide bonds. The monoisotopic (exact) mass is 265 g/mol. The summed E-state index contributed by atoms with van der Waals surface area (Å²) in [6, 6.07) is 7.75. The predicted octanol–water partition coefficient (Wildman–Crippen LogP) is 2.87. The van der Waals surface area contributed by atoms with E-state index in [0.717, 1.165) is 29.8 Å². The Kier molecular flexibility index (Phi) is 4.30. The van der Waals surface area contributed by atoms with E-state index in [0.29, 0.717) is 13.0 Å². The van der Waals surface area contributed by atoms with Crippen molar-refractivity contribution in [2.24, 2.45) is 5.41 Å². The first kappa shape index (κ1) is 13.4. The maximum absolute atomic E-state index is 11.9. The number of amides is 1. The normalized spacial score (nSPS) is 16.3. The quantitative estimate of drug-likeness (QED) is 0.776. The Morgan fingerprint density at radius 3 is 2.89 bits per heavy atom. The molecule has 1 aliphatic rings. The molecule has 4 heteroatoms. The van der Waals surface area contributed by atoms with Crippen LogP contribution in [0.3, 0.4) is 0 Å². The van der Waals surface area contributed by atoms with Gasteiger partial charge >= 0.3 is 0 Å². The first-order valence-corrected chi connectivity index (χ1v) is 6.79. The van der Waals surface area contributed by atoms with Crippen molar-refractivity contribution in [2.45, 2.75) is 25.9 Å². The fourth-order valence-corrected chi connectivity index (χ4v) is 2.45. The second-order valence-corrected chi connectivity index (χ2v) is 5.33. The van der Waals surface area contributed by atoms with Crippen LogP contribution in [0.1, 0.15) is 24.8 Å². The van der Waals surface area contributed by atoms with Crippen molar-refractivity contribution < 1.29 is 9.53 Å². The summed E-state index contributed by atoms with van der Waals surface area (Å²) < 4.78 is 5.07. The Morgan fingerprint density at radius 2 is 2.28 bits per heavy atom. The number of ether oxygens (including phenoxy) is 1. The van der Waals surface area contributed by atoms with Crippen LogP contribution >= 0.6 is 12.6 Å². The molecule has 1 aliphatic carbocycles. The molecule has 1 N–H and O–H groups in total. The summed E-state index contributed by atoms with van der Waals surface area (Å²) in [4.78, 5) is 11.9. The number of rotatable bonds is 6. The average molecular weight is 265 g/mol. The highest BCUT2D eigenvalue weighted by Crippen LogP contribution is 2.49. The van der Waals surface area contributed by atoms with Crippen LogP contribution in [0.4, 0.5) is 5.69 Å². The lowest BCUT2D eigenvalue weighted by atomic mass is 10.1. The number of benzene rings is 1. The number of nitrogens with one attached hydrogen (secondary N) is 1. The Labute approximate surface area is 113 Å². The highest BCUT2D eigenvalue weighted by Gasteiger charge is 2.42. The van der Waals surface area contributed by atoms with Crippen molar-refractivity contribution in [3.05, 3.63) is 29.8 Å². The number of hydrogen-bond donors (Lipinski definition) is 2. The number of carbonyl (C=O) groups excluding carboxylic acids is 1. The van der Waals surface area contributed by atoms with Gasteiger partial charge in [-0.3, -0.25) is 4.79 Å². The number of methoxy groups -OCH3 is 1. The molecule has 0 bridgehead atoms. The van der Waals surface area contributed by atoms with Crippen LogP contribution in [0.25, 0.3) is 0 Å². The molecule has 1 fully saturated rings. The van der Waals surface area contributed by atoms with E-state index in [-0.39, 0.29) is 11.3 Å². The molecule has 0 saturated heterocycles. The molecule has 0 spiro atoms. The second-order valence-electron chi connectivity index (χ2n) is 5.02. The molecule has 3 nitrogen and oxygen atoms in total. The van der Waals surface area contributed by atoms with E-state index < -0.39 is 0 Å². The van der Waals surface area contributed by atoms with Gasteiger partial charge in [0.25, 0.3) is 0 Å². The zero-order valence-electron chi connectivity index (χ0n) is 10.6. The highest BCUT2D eigenvalue weighted by atomic mass is 32.1. The largest absolute Gasteiger partial charge is 0.380 e. The van der Waals surface area contributed by atoms with E-state index in [1.807, 2.05) is 24.3 Å². The maximum Gasteiger partial charge on any atom is 0.224 e. The van der Waals surface area contributed by atoms with Gasteiger partial charge in [-0.25, -0.2) is 0 Å². The number of carbonyl (C=O) groups is 1. The molecule has 0 radical (unpaired) electrons. The van der Waals surface area contributed by atoms with Crippen molar-refractivity contribution in [1.82, 2.24) is 0 Å². The van der Waals surface area contributed by atoms with Gasteiger partial charge in [0.05, 0.1) is 6.61 Å². The lowest BCUT2D eigenvalue weighted by Crippen LogP contribution is -2.18. The molecule has 0 aromatic heterocycles. The molecular weight excluding hydrogens is 246 g/mol. The summed E-state index contributed by atoms with van der Waals surface area (Å²) in [6.07, 6.45) is 2.81. The molecular formula is C14H19NO2S. The van der Waals surface area contributed by atoms with Gasteiger partial charge in [-0.2, -0.15) is 12.6 Å². The molecule has 2 rings (SSSR count). The van der Waals surface area contributed by atoms with Crippen LogP contribution in [0.15, 0.2) is 24.3 Å². The topological polar surface area (TPSA) is 38.3 Å². The van der Waals surface area contributed by atoms with Crippen molar-refractivity contribution in [2.75, 3.05) is 18.2 Å². The Balaban J connectivity index is 1.92. The van der Waals surface area contributed by atoms with Gasteiger partial charge in [-0.05, 0) is 41.7 Å². The van der Waals surface area contributed by atoms with Crippen LogP contribution in [-0.4, -0.2) is 18.8 Å². The molecule has 0 unspecified atom stereocenters. The lowest BCUT2D eigenvalue weighted by molar-refractivity contribution is -0.117. The zero-order valence-corrected chi connectivity index (χ0v) is 11.5. The van der Waals surface area contributed by atoms with E-state index >= 15 is 0 Å². The van der Waals surface area contributed by atoms with Crippen LogP contribution in [0.2, 0.25) is 0 Å². The highest BCUT2D eigenvalue weighted by molar-refractivity contribution is 7.80. The summed E-state index contributed by atoms with van der Waals surface area (Å²) >= 11 is 4.31. The number of thiol groups is 1. The first-order valence-electron chi connectivity index (χ1n) is 6.16. The van der Waals surface area contributed by atoms with Crippen LogP contribution < -0.4 is 5.32 Å². The maximum atomic E-state index is 11.9. The third-order valence-electron chi connectivity index (χ3n) is 3.35. The Hall–Kier alpha value is -1.00. The lowest BCUT2D eigenvalue weighted by Gasteiger charge is -2.12. The molecule has 18 heavy (non-hydrogen) atoms. The van der Waals surface area contributed by atoms with Gasteiger partial charge in [-0.15, -0.1) is 0 Å². The van der Waals surface area contributed by atoms with Gasteiger partial charge < -0.3 is 10.1 Å². The Morgan fingerprint density at radius 1 is 1.50 bits per heavy atom. The minimum absolute atomic E-state index is 0.0797. The van der Waals surface area contributed by atoms with E-state index in [9.17, 15) is 4.79 Å². The standard InChI is InChI=1S/C14H19NO2S/c1-17-9-11-3-2-4-12(7-11)15-13(16)8-14(10-18)5-6-14/h2-4,7,18H,5-6,8-10H2,1H3,(H,15,16). The third-order valence-corrected chi connectivity index (χ3v) is 4.02. The fraction of sp³-hybridized carbons (Fsp3) is 0.500. The first-order chi connectivity index (χ1) is 8.67. The minimum atomic E-state index is 0.0797. The fourth-order valence-electron chi connectivity index (χ4n) is 2.02. The van der Waals surface area contributed by atoms with Gasteiger partial charge in [-0.1, -0.05) is 12.1 Å². The molecule has 98 valence electrons. The molecule has 1 saturated carbocycles. The van der Waals surface area contributed by atoms with Gasteiger partial charge in [0, 0.05) is 19.2 Å². The van der Waals surface area contributed by atoms with Crippen molar-refractivity contribution >= 4 is 24.2 Å². The molecule has 0 heterocycles. The third kappa shape index (κ3) is 3.50. The van der Waals surface area contributed by atoms with E-state index in [4.69, 9.17) is 4.74 Å². The summed E-state index contributed by atoms with van der Waals surface area (Å²) in [7, 11) is 1.66. The van der Waals surface area contributed by atoms with Crippen LogP contribution in [-0.2, 0) is 16.1 Å². The van der Waals surface area contributed by atoms with Crippen molar-refractivity contribution in [1.29, 1.82) is 0 Å². The molecule has 1 aromatic carbocycles. The second kappa shape index (κ2) is 5.76. The van der Waals surface area contributed by atoms with E-state index in [1.165, 1.54) is 0 Å². The van der Waals surface area contributed by atoms with E-state index in [2.05, 4.69) is 17.9 Å². The number of hydrogen-bond acceptors (Lipinski definition) is 3. The van der Waals surface area contributed by atoms with Gasteiger partial charge in [0.1, 0.15) is 0 Å². The summed E-state index contributed by atoms with van der Waals surface area (Å²) in [5.41, 5.74) is 2.06. The minimum Gasteiger partial charge on any atom is -0.380 e.